The predicted octanol–water partition coefficient (Wildman–Crippen LogP) is 2.12. The second kappa shape index (κ2) is 8.11. The van der Waals surface area contributed by atoms with Crippen LogP contribution in [0, 0.1) is 23.3 Å². The number of halogens is 4. The number of rotatable bonds is 6. The number of carbonyl (C=O) groups excluding carboxylic acids is 1. The lowest BCUT2D eigenvalue weighted by Gasteiger charge is -2.35. The van der Waals surface area contributed by atoms with Crippen LogP contribution in [0.15, 0.2) is 43.0 Å². The molecule has 0 saturated carbocycles. The van der Waals surface area contributed by atoms with Crippen molar-refractivity contribution in [2.45, 2.75) is 25.1 Å². The Hall–Kier alpha value is -3.47. The molecule has 2 aromatic carbocycles. The van der Waals surface area contributed by atoms with Gasteiger partial charge in [-0.15, -0.1) is 0 Å². The summed E-state index contributed by atoms with van der Waals surface area (Å²) in [4.78, 5) is 16.3. The highest BCUT2D eigenvalue weighted by Gasteiger charge is 2.40. The molecule has 0 bridgehead atoms. The molecule has 30 heavy (non-hydrogen) atoms. The molecular weight excluding hydrogens is 406 g/mol. The zero-order valence-electron chi connectivity index (χ0n) is 15.6. The zero-order chi connectivity index (χ0) is 22.1. The summed E-state index contributed by atoms with van der Waals surface area (Å²) in [7, 11) is 0. The Bertz CT molecular complexity index is 1080. The van der Waals surface area contributed by atoms with Gasteiger partial charge in [-0.2, -0.15) is 5.10 Å². The van der Waals surface area contributed by atoms with Crippen molar-refractivity contribution in [2.75, 3.05) is 5.73 Å². The molecule has 11 heteroatoms. The third-order valence-electron chi connectivity index (χ3n) is 4.67. The van der Waals surface area contributed by atoms with Gasteiger partial charge in [-0.3, -0.25) is 4.79 Å². The quantitative estimate of drug-likeness (QED) is 0.416. The second-order valence-corrected chi connectivity index (χ2v) is 6.69. The number of amides is 1. The average molecular weight is 423 g/mol. The van der Waals surface area contributed by atoms with Gasteiger partial charge >= 0.3 is 0 Å². The first-order valence-electron chi connectivity index (χ1n) is 8.67. The molecule has 0 unspecified atom stereocenters. The molecular formula is C19H17F4N5O2. The highest BCUT2D eigenvalue weighted by Crippen LogP contribution is 2.30. The Morgan fingerprint density at radius 1 is 1.20 bits per heavy atom. The van der Waals surface area contributed by atoms with Crippen molar-refractivity contribution < 1.29 is 27.5 Å². The number of nitrogen functional groups attached to an aromatic ring is 1. The van der Waals surface area contributed by atoms with E-state index in [9.17, 15) is 27.5 Å². The lowest BCUT2D eigenvalue weighted by atomic mass is 9.86. The number of aliphatic hydroxyl groups is 1. The van der Waals surface area contributed by atoms with E-state index in [2.05, 4.69) is 15.4 Å². The molecule has 3 aromatic rings. The fraction of sp³-hybridized carbons (Fsp3) is 0.211. The summed E-state index contributed by atoms with van der Waals surface area (Å²) in [6.45, 7) is 0.998. The number of carbonyl (C=O) groups is 1. The summed E-state index contributed by atoms with van der Waals surface area (Å²) in [5, 5.41) is 17.6. The first kappa shape index (κ1) is 21.2. The van der Waals surface area contributed by atoms with E-state index in [-0.39, 0.29) is 23.4 Å². The van der Waals surface area contributed by atoms with E-state index in [4.69, 9.17) is 5.73 Å². The van der Waals surface area contributed by atoms with E-state index in [1.165, 1.54) is 24.3 Å². The standard InChI is InChI=1S/C19H17F4N5O2/c1-10(27-18(29)12-5-15(22)16(23)6-17(12)24)19(30,7-28-9-25-8-26-28)13-3-2-11(20)4-14(13)21/h2-6,8-10,30H,7,24H2,1H3,(H,27,29)/t10-,19-/m1/s1. The molecule has 0 fully saturated rings. The average Bonchev–Trinajstić information content (AvgIpc) is 3.17. The molecule has 2 atom stereocenters. The third kappa shape index (κ3) is 4.10. The van der Waals surface area contributed by atoms with E-state index in [1.807, 2.05) is 0 Å². The normalized spacial score (nSPS) is 14.2. The van der Waals surface area contributed by atoms with Crippen LogP contribution < -0.4 is 11.1 Å². The fourth-order valence-electron chi connectivity index (χ4n) is 3.01. The molecule has 0 aliphatic rings. The van der Waals surface area contributed by atoms with Crippen LogP contribution in [0.3, 0.4) is 0 Å². The van der Waals surface area contributed by atoms with Gasteiger partial charge in [0.1, 0.15) is 29.9 Å². The van der Waals surface area contributed by atoms with Gasteiger partial charge in [0.25, 0.3) is 5.91 Å². The Labute approximate surface area is 168 Å². The van der Waals surface area contributed by atoms with E-state index in [1.54, 1.807) is 0 Å². The van der Waals surface area contributed by atoms with E-state index in [0.717, 1.165) is 12.1 Å². The molecule has 158 valence electrons. The minimum Gasteiger partial charge on any atom is -0.398 e. The molecule has 3 rings (SSSR count). The lowest BCUT2D eigenvalue weighted by molar-refractivity contribution is -0.0186. The van der Waals surface area contributed by atoms with Gasteiger partial charge in [0.2, 0.25) is 0 Å². The number of aromatic nitrogens is 3. The van der Waals surface area contributed by atoms with Crippen molar-refractivity contribution in [1.29, 1.82) is 0 Å². The van der Waals surface area contributed by atoms with Gasteiger partial charge < -0.3 is 16.2 Å². The summed E-state index contributed by atoms with van der Waals surface area (Å²) in [5.41, 5.74) is 2.45. The van der Waals surface area contributed by atoms with Gasteiger partial charge in [0, 0.05) is 23.4 Å². The number of anilines is 1. The molecule has 0 aliphatic heterocycles. The Kier molecular flexibility index (Phi) is 5.74. The van der Waals surface area contributed by atoms with Crippen LogP contribution in [0.4, 0.5) is 23.2 Å². The molecule has 4 N–H and O–H groups in total. The maximum absolute atomic E-state index is 14.5. The maximum atomic E-state index is 14.5. The topological polar surface area (TPSA) is 106 Å². The van der Waals surface area contributed by atoms with Gasteiger partial charge in [0.05, 0.1) is 18.2 Å². The predicted molar refractivity (Wildman–Crippen MR) is 98.0 cm³/mol. The number of nitrogens with two attached hydrogens (primary N) is 1. The SMILES string of the molecule is C[C@@H](NC(=O)c1cc(F)c(F)cc1N)[C@](O)(Cn1cncn1)c1ccc(F)cc1F. The van der Waals surface area contributed by atoms with Gasteiger partial charge in [-0.1, -0.05) is 6.07 Å². The lowest BCUT2D eigenvalue weighted by Crippen LogP contribution is -2.52. The third-order valence-corrected chi connectivity index (χ3v) is 4.67. The Morgan fingerprint density at radius 2 is 1.90 bits per heavy atom. The fourth-order valence-corrected chi connectivity index (χ4v) is 3.01. The number of nitrogens with zero attached hydrogens (tertiary/aromatic N) is 3. The number of hydrogen-bond donors (Lipinski definition) is 3. The van der Waals surface area contributed by atoms with Gasteiger partial charge in [-0.25, -0.2) is 27.2 Å². The summed E-state index contributed by atoms with van der Waals surface area (Å²) in [6, 6.07) is 2.63. The van der Waals surface area contributed by atoms with Crippen molar-refractivity contribution >= 4 is 11.6 Å². The van der Waals surface area contributed by atoms with Crippen LogP contribution in [-0.4, -0.2) is 31.8 Å². The molecule has 1 amide bonds. The van der Waals surface area contributed by atoms with Crippen molar-refractivity contribution in [3.05, 3.63) is 77.4 Å². The van der Waals surface area contributed by atoms with Crippen LogP contribution in [0.25, 0.3) is 0 Å². The molecule has 0 radical (unpaired) electrons. The first-order chi connectivity index (χ1) is 14.1. The number of benzene rings is 2. The van der Waals surface area contributed by atoms with E-state index >= 15 is 0 Å². The Morgan fingerprint density at radius 3 is 2.53 bits per heavy atom. The summed E-state index contributed by atoms with van der Waals surface area (Å²) in [6.07, 6.45) is 2.45. The highest BCUT2D eigenvalue weighted by molar-refractivity contribution is 5.99. The summed E-state index contributed by atoms with van der Waals surface area (Å²) in [5.74, 6) is -5.35. The van der Waals surface area contributed by atoms with Crippen molar-refractivity contribution in [2.24, 2.45) is 0 Å². The monoisotopic (exact) mass is 423 g/mol. The minimum absolute atomic E-state index is 0.314. The van der Waals surface area contributed by atoms with Gasteiger partial charge in [-0.05, 0) is 19.1 Å². The smallest absolute Gasteiger partial charge is 0.253 e. The van der Waals surface area contributed by atoms with Crippen LogP contribution >= 0.6 is 0 Å². The molecule has 7 nitrogen and oxygen atoms in total. The first-order valence-corrected chi connectivity index (χ1v) is 8.67. The van der Waals surface area contributed by atoms with E-state index in [0.29, 0.717) is 18.2 Å². The largest absolute Gasteiger partial charge is 0.398 e. The van der Waals surface area contributed by atoms with Crippen LogP contribution in [0.5, 0.6) is 0 Å². The van der Waals surface area contributed by atoms with Crippen molar-refractivity contribution in [1.82, 2.24) is 20.1 Å². The summed E-state index contributed by atoms with van der Waals surface area (Å²) >= 11 is 0. The number of hydrogen-bond acceptors (Lipinski definition) is 5. The van der Waals surface area contributed by atoms with Crippen molar-refractivity contribution in [3.63, 3.8) is 0 Å². The van der Waals surface area contributed by atoms with Crippen LogP contribution in [0.1, 0.15) is 22.8 Å². The Balaban J connectivity index is 1.97. The maximum Gasteiger partial charge on any atom is 0.253 e. The molecule has 1 heterocycles. The molecule has 1 aromatic heterocycles. The van der Waals surface area contributed by atoms with Crippen LogP contribution in [0.2, 0.25) is 0 Å². The molecule has 0 spiro atoms. The molecule has 0 saturated heterocycles. The van der Waals surface area contributed by atoms with E-state index < -0.39 is 40.8 Å². The zero-order valence-corrected chi connectivity index (χ0v) is 15.6. The van der Waals surface area contributed by atoms with Gasteiger partial charge in [0.15, 0.2) is 11.6 Å². The van der Waals surface area contributed by atoms with Crippen LogP contribution in [-0.2, 0) is 12.1 Å². The van der Waals surface area contributed by atoms with Crippen molar-refractivity contribution in [3.8, 4) is 0 Å². The molecule has 0 aliphatic carbocycles. The minimum atomic E-state index is -2.12. The highest BCUT2D eigenvalue weighted by atomic mass is 19.2. The summed E-state index contributed by atoms with van der Waals surface area (Å²) < 4.78 is 55.8. The number of nitrogens with one attached hydrogen (secondary N) is 1. The second-order valence-electron chi connectivity index (χ2n) is 6.69.